The van der Waals surface area contributed by atoms with Crippen LogP contribution in [0.4, 0.5) is 0 Å². The van der Waals surface area contributed by atoms with E-state index in [1.54, 1.807) is 17.0 Å². The van der Waals surface area contributed by atoms with Crippen molar-refractivity contribution >= 4 is 17.5 Å². The highest BCUT2D eigenvalue weighted by molar-refractivity contribution is 6.18. The number of hydrogen-bond donors (Lipinski definition) is 0. The minimum absolute atomic E-state index is 0.00805. The molecule has 1 aromatic rings. The summed E-state index contributed by atoms with van der Waals surface area (Å²) >= 11 is 5.72. The molecule has 0 radical (unpaired) electrons. The van der Waals surface area contributed by atoms with Crippen molar-refractivity contribution in [1.29, 1.82) is 0 Å². The number of benzene rings is 1. The molecule has 4 heteroatoms. The molecule has 0 bridgehead atoms. The second kappa shape index (κ2) is 7.27. The third kappa shape index (κ3) is 3.91. The lowest BCUT2D eigenvalue weighted by Crippen LogP contribution is -2.38. The van der Waals surface area contributed by atoms with E-state index in [0.29, 0.717) is 24.6 Å². The third-order valence-corrected chi connectivity index (χ3v) is 2.79. The van der Waals surface area contributed by atoms with Crippen LogP contribution in [0.1, 0.15) is 31.1 Å². The van der Waals surface area contributed by atoms with Gasteiger partial charge in [0.1, 0.15) is 5.75 Å². The molecule has 0 aliphatic rings. The highest BCUT2D eigenvalue weighted by Crippen LogP contribution is 2.15. The average molecular weight is 270 g/mol. The standard InChI is InChI=1S/C14H20ClNO2/c1-4-18-13-7-5-12(6-8-13)14(17)16(10-9-15)11(2)3/h5-8,11H,4,9-10H2,1-3H3. The Balaban J connectivity index is 2.81. The monoisotopic (exact) mass is 269 g/mol. The van der Waals surface area contributed by atoms with Crippen LogP contribution in [0.5, 0.6) is 5.75 Å². The van der Waals surface area contributed by atoms with E-state index in [1.807, 2.05) is 32.9 Å². The van der Waals surface area contributed by atoms with Gasteiger partial charge in [0.05, 0.1) is 6.61 Å². The van der Waals surface area contributed by atoms with Crippen LogP contribution in [-0.4, -0.2) is 35.9 Å². The second-order valence-electron chi connectivity index (χ2n) is 4.24. The molecule has 0 aliphatic heterocycles. The Bertz CT molecular complexity index is 376. The minimum Gasteiger partial charge on any atom is -0.494 e. The SMILES string of the molecule is CCOc1ccc(C(=O)N(CCCl)C(C)C)cc1. The molecule has 0 saturated heterocycles. The molecule has 0 spiro atoms. The summed E-state index contributed by atoms with van der Waals surface area (Å²) in [7, 11) is 0. The van der Waals surface area contributed by atoms with Gasteiger partial charge >= 0.3 is 0 Å². The molecule has 0 aromatic heterocycles. The number of nitrogens with zero attached hydrogens (tertiary/aromatic N) is 1. The van der Waals surface area contributed by atoms with Crippen LogP contribution in [0.2, 0.25) is 0 Å². The first-order valence-electron chi connectivity index (χ1n) is 6.20. The molecule has 1 amide bonds. The molecule has 100 valence electrons. The van der Waals surface area contributed by atoms with Crippen molar-refractivity contribution in [3.8, 4) is 5.75 Å². The summed E-state index contributed by atoms with van der Waals surface area (Å²) in [5.41, 5.74) is 0.664. The summed E-state index contributed by atoms with van der Waals surface area (Å²) < 4.78 is 5.35. The van der Waals surface area contributed by atoms with E-state index in [9.17, 15) is 4.79 Å². The number of hydrogen-bond acceptors (Lipinski definition) is 2. The first kappa shape index (κ1) is 14.8. The number of halogens is 1. The number of ether oxygens (including phenoxy) is 1. The van der Waals surface area contributed by atoms with E-state index < -0.39 is 0 Å². The van der Waals surface area contributed by atoms with Gasteiger partial charge in [-0.25, -0.2) is 0 Å². The predicted octanol–water partition coefficient (Wildman–Crippen LogP) is 3.17. The van der Waals surface area contributed by atoms with E-state index in [0.717, 1.165) is 5.75 Å². The van der Waals surface area contributed by atoms with E-state index in [4.69, 9.17) is 16.3 Å². The molecular formula is C14H20ClNO2. The van der Waals surface area contributed by atoms with Gasteiger partial charge in [-0.2, -0.15) is 0 Å². The highest BCUT2D eigenvalue weighted by atomic mass is 35.5. The van der Waals surface area contributed by atoms with Gasteiger partial charge in [0, 0.05) is 24.0 Å². The Morgan fingerprint density at radius 2 is 1.94 bits per heavy atom. The Morgan fingerprint density at radius 3 is 2.39 bits per heavy atom. The van der Waals surface area contributed by atoms with E-state index in [2.05, 4.69) is 0 Å². The zero-order valence-electron chi connectivity index (χ0n) is 11.1. The van der Waals surface area contributed by atoms with Crippen molar-refractivity contribution in [1.82, 2.24) is 4.90 Å². The molecule has 18 heavy (non-hydrogen) atoms. The molecule has 0 saturated carbocycles. The summed E-state index contributed by atoms with van der Waals surface area (Å²) in [4.78, 5) is 14.0. The maximum atomic E-state index is 12.3. The Hall–Kier alpha value is -1.22. The molecule has 3 nitrogen and oxygen atoms in total. The van der Waals surface area contributed by atoms with E-state index in [1.165, 1.54) is 0 Å². The van der Waals surface area contributed by atoms with Crippen LogP contribution in [0.15, 0.2) is 24.3 Å². The smallest absolute Gasteiger partial charge is 0.254 e. The van der Waals surface area contributed by atoms with Gasteiger partial charge in [-0.15, -0.1) is 11.6 Å². The highest BCUT2D eigenvalue weighted by Gasteiger charge is 2.17. The predicted molar refractivity (Wildman–Crippen MR) is 74.5 cm³/mol. The maximum absolute atomic E-state index is 12.3. The number of rotatable bonds is 6. The first-order chi connectivity index (χ1) is 8.60. The van der Waals surface area contributed by atoms with Gasteiger partial charge in [-0.05, 0) is 45.0 Å². The summed E-state index contributed by atoms with van der Waals surface area (Å²) in [6, 6.07) is 7.35. The lowest BCUT2D eigenvalue weighted by molar-refractivity contribution is 0.0718. The van der Waals surface area contributed by atoms with E-state index in [-0.39, 0.29) is 11.9 Å². The summed E-state index contributed by atoms with van der Waals surface area (Å²) in [5, 5.41) is 0. The average Bonchev–Trinajstić information content (AvgIpc) is 2.36. The first-order valence-corrected chi connectivity index (χ1v) is 6.73. The summed E-state index contributed by atoms with van der Waals surface area (Å²) in [6.07, 6.45) is 0. The van der Waals surface area contributed by atoms with Gasteiger partial charge < -0.3 is 9.64 Å². The molecular weight excluding hydrogens is 250 g/mol. The fourth-order valence-corrected chi connectivity index (χ4v) is 1.89. The molecule has 1 aromatic carbocycles. The number of carbonyl (C=O) groups is 1. The number of alkyl halides is 1. The lowest BCUT2D eigenvalue weighted by Gasteiger charge is -2.26. The molecule has 0 N–H and O–H groups in total. The number of amides is 1. The Kier molecular flexibility index (Phi) is 5.99. The summed E-state index contributed by atoms with van der Waals surface area (Å²) in [6.45, 7) is 7.08. The quantitative estimate of drug-likeness (QED) is 0.743. The van der Waals surface area contributed by atoms with Crippen molar-refractivity contribution in [2.24, 2.45) is 0 Å². The van der Waals surface area contributed by atoms with Gasteiger partial charge in [0.2, 0.25) is 0 Å². The van der Waals surface area contributed by atoms with Gasteiger partial charge in [0.25, 0.3) is 5.91 Å². The fourth-order valence-electron chi connectivity index (χ4n) is 1.71. The van der Waals surface area contributed by atoms with Crippen molar-refractivity contribution in [3.63, 3.8) is 0 Å². The van der Waals surface area contributed by atoms with Crippen LogP contribution in [0.3, 0.4) is 0 Å². The molecule has 0 heterocycles. The Labute approximate surface area is 114 Å². The summed E-state index contributed by atoms with van der Waals surface area (Å²) in [5.74, 6) is 1.23. The van der Waals surface area contributed by atoms with Crippen LogP contribution in [0, 0.1) is 0 Å². The lowest BCUT2D eigenvalue weighted by atomic mass is 10.1. The molecule has 0 aliphatic carbocycles. The van der Waals surface area contributed by atoms with Gasteiger partial charge in [-0.3, -0.25) is 4.79 Å². The third-order valence-electron chi connectivity index (χ3n) is 2.62. The topological polar surface area (TPSA) is 29.5 Å². The van der Waals surface area contributed by atoms with Crippen LogP contribution in [0.25, 0.3) is 0 Å². The fraction of sp³-hybridized carbons (Fsp3) is 0.500. The van der Waals surface area contributed by atoms with E-state index >= 15 is 0 Å². The van der Waals surface area contributed by atoms with Crippen molar-refractivity contribution < 1.29 is 9.53 Å². The maximum Gasteiger partial charge on any atom is 0.254 e. The molecule has 1 rings (SSSR count). The molecule has 0 atom stereocenters. The Morgan fingerprint density at radius 1 is 1.33 bits per heavy atom. The van der Waals surface area contributed by atoms with Crippen molar-refractivity contribution in [3.05, 3.63) is 29.8 Å². The molecule has 0 fully saturated rings. The van der Waals surface area contributed by atoms with Crippen LogP contribution >= 0.6 is 11.6 Å². The largest absolute Gasteiger partial charge is 0.494 e. The van der Waals surface area contributed by atoms with Crippen LogP contribution in [-0.2, 0) is 0 Å². The van der Waals surface area contributed by atoms with Crippen molar-refractivity contribution in [2.75, 3.05) is 19.0 Å². The minimum atomic E-state index is 0.00805. The second-order valence-corrected chi connectivity index (χ2v) is 4.62. The van der Waals surface area contributed by atoms with Crippen molar-refractivity contribution in [2.45, 2.75) is 26.8 Å². The van der Waals surface area contributed by atoms with Gasteiger partial charge in [-0.1, -0.05) is 0 Å². The van der Waals surface area contributed by atoms with Gasteiger partial charge in [0.15, 0.2) is 0 Å². The number of carbonyl (C=O) groups excluding carboxylic acids is 1. The normalized spacial score (nSPS) is 10.5. The molecule has 0 unspecified atom stereocenters. The zero-order valence-corrected chi connectivity index (χ0v) is 11.9. The van der Waals surface area contributed by atoms with Crippen LogP contribution < -0.4 is 4.74 Å². The zero-order chi connectivity index (χ0) is 13.5.